The fourth-order valence-electron chi connectivity index (χ4n) is 1.15. The van der Waals surface area contributed by atoms with Gasteiger partial charge in [0.15, 0.2) is 0 Å². The van der Waals surface area contributed by atoms with Gasteiger partial charge in [0.05, 0.1) is 18.5 Å². The summed E-state index contributed by atoms with van der Waals surface area (Å²) in [6, 6.07) is -2.31. The number of nitrogens with one attached hydrogen (secondary N) is 2. The molecule has 0 aromatic carbocycles. The van der Waals surface area contributed by atoms with Crippen molar-refractivity contribution in [2.45, 2.75) is 24.9 Å². The van der Waals surface area contributed by atoms with E-state index in [-0.39, 0.29) is 48.2 Å². The minimum Gasteiger partial charge on any atom is -0.548 e. The Balaban J connectivity index is 0. The molecule has 0 heterocycles. The summed E-state index contributed by atoms with van der Waals surface area (Å²) in [6.07, 6.45) is -0.360. The van der Waals surface area contributed by atoms with Crippen LogP contribution in [0.3, 0.4) is 0 Å². The topological polar surface area (TPSA) is 164 Å². The van der Waals surface area contributed by atoms with Crippen LogP contribution >= 0.6 is 12.6 Å². The van der Waals surface area contributed by atoms with Crippen LogP contribution in [-0.4, -0.2) is 48.1 Å². The Morgan fingerprint density at radius 1 is 1.19 bits per heavy atom. The Morgan fingerprint density at radius 3 is 2.19 bits per heavy atom. The predicted octanol–water partition coefficient (Wildman–Crippen LogP) is -7.87. The van der Waals surface area contributed by atoms with E-state index in [1.165, 1.54) is 0 Å². The molecule has 0 fully saturated rings. The molecule has 0 saturated heterocycles. The third-order valence-electron chi connectivity index (χ3n) is 2.23. The van der Waals surface area contributed by atoms with Crippen LogP contribution in [0.1, 0.15) is 12.8 Å². The number of nitrogens with two attached hydrogens (primary N) is 1. The van der Waals surface area contributed by atoms with Crippen LogP contribution in [0, 0.1) is 0 Å². The van der Waals surface area contributed by atoms with Gasteiger partial charge in [-0.15, -0.1) is 0 Å². The number of hydrogen-bond donors (Lipinski definition) is 4. The molecule has 114 valence electrons. The van der Waals surface area contributed by atoms with E-state index >= 15 is 0 Å². The molecule has 0 saturated carbocycles. The van der Waals surface area contributed by atoms with Crippen molar-refractivity contribution in [2.75, 3.05) is 12.3 Å². The van der Waals surface area contributed by atoms with E-state index in [0.29, 0.717) is 0 Å². The Bertz CT molecular complexity index is 395. The Labute approximate surface area is 148 Å². The average molecular weight is 328 g/mol. The van der Waals surface area contributed by atoms with E-state index < -0.39 is 42.4 Å². The van der Waals surface area contributed by atoms with Crippen LogP contribution in [0.15, 0.2) is 0 Å². The van der Waals surface area contributed by atoms with Gasteiger partial charge < -0.3 is 36.2 Å². The van der Waals surface area contributed by atoms with Gasteiger partial charge in [0, 0.05) is 18.2 Å². The number of aliphatic carboxylic acids is 2. The molecule has 0 aromatic heterocycles. The van der Waals surface area contributed by atoms with Gasteiger partial charge >= 0.3 is 29.6 Å². The standard InChI is InChI=1S/C10H17N3O6S.Na/c11-5(10(18)19)1-2-7(14)13-6(4-20)9(17)12-3-8(15)16;/h5-6,20H,1-4,11H2,(H,12,17)(H,13,14)(H,15,16)(H,18,19);/q;+1/p-2/t5-,6-;/m0./s1. The van der Waals surface area contributed by atoms with Gasteiger partial charge in [-0.1, -0.05) is 0 Å². The van der Waals surface area contributed by atoms with Gasteiger partial charge in [-0.25, -0.2) is 0 Å². The normalized spacial score (nSPS) is 12.5. The summed E-state index contributed by atoms with van der Waals surface area (Å²) in [4.78, 5) is 43.4. The summed E-state index contributed by atoms with van der Waals surface area (Å²) in [5.74, 6) is -4.35. The second-order valence-corrected chi connectivity index (χ2v) is 4.22. The number of carbonyl (C=O) groups is 4. The van der Waals surface area contributed by atoms with Gasteiger partial charge in [0.2, 0.25) is 11.8 Å². The molecular formula is C10H15N3NaO6S-. The van der Waals surface area contributed by atoms with Gasteiger partial charge in [-0.2, -0.15) is 12.6 Å². The van der Waals surface area contributed by atoms with Crippen LogP contribution < -0.4 is 56.1 Å². The number of carboxylic acids is 2. The first-order chi connectivity index (χ1) is 9.27. The monoisotopic (exact) mass is 328 g/mol. The molecule has 2 atom stereocenters. The summed E-state index contributed by atoms with van der Waals surface area (Å²) in [5, 5.41) is 24.8. The molecule has 0 aliphatic heterocycles. The van der Waals surface area contributed by atoms with Gasteiger partial charge in [0.25, 0.3) is 0 Å². The molecular weight excluding hydrogens is 313 g/mol. The summed E-state index contributed by atoms with van der Waals surface area (Å²) in [7, 11) is 0. The van der Waals surface area contributed by atoms with Gasteiger partial charge in [-0.05, 0) is 6.42 Å². The average Bonchev–Trinajstić information content (AvgIpc) is 2.38. The van der Waals surface area contributed by atoms with Crippen LogP contribution in [0.2, 0.25) is 0 Å². The zero-order chi connectivity index (χ0) is 15.7. The van der Waals surface area contributed by atoms with Crippen molar-refractivity contribution in [3.63, 3.8) is 0 Å². The van der Waals surface area contributed by atoms with E-state index in [4.69, 9.17) is 5.73 Å². The molecule has 0 aliphatic carbocycles. The van der Waals surface area contributed by atoms with Gasteiger partial charge in [-0.3, -0.25) is 9.59 Å². The summed E-state index contributed by atoms with van der Waals surface area (Å²) < 4.78 is 0. The predicted molar refractivity (Wildman–Crippen MR) is 66.0 cm³/mol. The molecule has 9 nitrogen and oxygen atoms in total. The molecule has 0 aromatic rings. The fraction of sp³-hybridized carbons (Fsp3) is 0.600. The molecule has 21 heavy (non-hydrogen) atoms. The summed E-state index contributed by atoms with van der Waals surface area (Å²) in [5.41, 5.74) is 5.16. The smallest absolute Gasteiger partial charge is 0.548 e. The third-order valence-corrected chi connectivity index (χ3v) is 2.59. The third kappa shape index (κ3) is 10.5. The van der Waals surface area contributed by atoms with Crippen LogP contribution in [0.5, 0.6) is 0 Å². The SMILES string of the molecule is N[C@@H](CCC(=O)N[C@@H](CS)C(=O)NCC(=O)[O-])C(=O)[O-].[Na+]. The second-order valence-electron chi connectivity index (χ2n) is 3.86. The molecule has 2 amide bonds. The van der Waals surface area contributed by atoms with Crippen LogP contribution in [0.25, 0.3) is 0 Å². The van der Waals surface area contributed by atoms with Crippen LogP contribution in [0.4, 0.5) is 0 Å². The molecule has 0 radical (unpaired) electrons. The maximum atomic E-state index is 11.5. The molecule has 4 N–H and O–H groups in total. The molecule has 0 bridgehead atoms. The molecule has 0 unspecified atom stereocenters. The van der Waals surface area contributed by atoms with Crippen molar-refractivity contribution in [1.29, 1.82) is 0 Å². The Kier molecular flexibility index (Phi) is 12.6. The van der Waals surface area contributed by atoms with E-state index in [9.17, 15) is 29.4 Å². The van der Waals surface area contributed by atoms with Crippen molar-refractivity contribution in [2.24, 2.45) is 5.73 Å². The molecule has 11 heteroatoms. The Morgan fingerprint density at radius 2 is 1.76 bits per heavy atom. The first kappa shape index (κ1) is 22.5. The first-order valence-electron chi connectivity index (χ1n) is 5.62. The number of carboxylic acid groups (broad SMARTS) is 2. The van der Waals surface area contributed by atoms with Crippen molar-refractivity contribution in [3.8, 4) is 0 Å². The largest absolute Gasteiger partial charge is 1.00 e. The zero-order valence-electron chi connectivity index (χ0n) is 11.5. The minimum absolute atomic E-state index is 0. The van der Waals surface area contributed by atoms with E-state index in [1.807, 2.05) is 5.32 Å². The maximum absolute atomic E-state index is 11.5. The second kappa shape index (κ2) is 11.8. The zero-order valence-corrected chi connectivity index (χ0v) is 14.4. The van der Waals surface area contributed by atoms with Crippen molar-refractivity contribution >= 4 is 36.4 Å². The number of carbonyl (C=O) groups excluding carboxylic acids is 4. The number of amides is 2. The van der Waals surface area contributed by atoms with E-state index in [0.717, 1.165) is 0 Å². The maximum Gasteiger partial charge on any atom is 1.00 e. The fourth-order valence-corrected chi connectivity index (χ4v) is 1.40. The van der Waals surface area contributed by atoms with Gasteiger partial charge in [0.1, 0.15) is 6.04 Å². The first-order valence-corrected chi connectivity index (χ1v) is 6.25. The minimum atomic E-state index is -1.48. The van der Waals surface area contributed by atoms with E-state index in [1.54, 1.807) is 0 Å². The number of hydrogen-bond acceptors (Lipinski definition) is 8. The molecule has 0 aliphatic rings. The van der Waals surface area contributed by atoms with E-state index in [2.05, 4.69) is 17.9 Å². The Hall–Kier alpha value is -0.810. The van der Waals surface area contributed by atoms with Crippen molar-refractivity contribution < 1.29 is 58.9 Å². The van der Waals surface area contributed by atoms with Crippen molar-refractivity contribution in [3.05, 3.63) is 0 Å². The summed E-state index contributed by atoms with van der Waals surface area (Å²) >= 11 is 3.85. The van der Waals surface area contributed by atoms with Crippen molar-refractivity contribution in [1.82, 2.24) is 10.6 Å². The number of rotatable bonds is 9. The molecule has 0 spiro atoms. The number of thiol groups is 1. The molecule has 0 rings (SSSR count). The van der Waals surface area contributed by atoms with Crippen LogP contribution in [-0.2, 0) is 19.2 Å². The quantitative estimate of drug-likeness (QED) is 0.241. The summed E-state index contributed by atoms with van der Waals surface area (Å²) in [6.45, 7) is -0.686.